The molecule has 0 radical (unpaired) electrons. The van der Waals surface area contributed by atoms with Crippen molar-refractivity contribution in [3.05, 3.63) is 52.8 Å². The first-order valence-corrected chi connectivity index (χ1v) is 7.81. The van der Waals surface area contributed by atoms with E-state index < -0.39 is 0 Å². The number of aromatic nitrogens is 1. The normalized spacial score (nSPS) is 12.4. The summed E-state index contributed by atoms with van der Waals surface area (Å²) < 4.78 is 7.46. The predicted molar refractivity (Wildman–Crippen MR) is 98.9 cm³/mol. The van der Waals surface area contributed by atoms with Gasteiger partial charge in [0.25, 0.3) is 0 Å². The Labute approximate surface area is 142 Å². The van der Waals surface area contributed by atoms with Gasteiger partial charge in [0.15, 0.2) is 0 Å². The van der Waals surface area contributed by atoms with Gasteiger partial charge in [-0.05, 0) is 43.2 Å². The van der Waals surface area contributed by atoms with Crippen molar-refractivity contribution in [3.63, 3.8) is 0 Å². The van der Waals surface area contributed by atoms with Crippen LogP contribution in [0.2, 0.25) is 0 Å². The summed E-state index contributed by atoms with van der Waals surface area (Å²) in [5.41, 5.74) is 3.83. The Morgan fingerprint density at radius 2 is 2.04 bits per heavy atom. The van der Waals surface area contributed by atoms with Crippen molar-refractivity contribution in [1.29, 1.82) is 0 Å². The number of benzene rings is 1. The number of amides is 1. The van der Waals surface area contributed by atoms with Crippen LogP contribution < -0.4 is 20.6 Å². The fourth-order valence-corrected chi connectivity index (χ4v) is 2.86. The molecule has 0 unspecified atom stereocenters. The van der Waals surface area contributed by atoms with E-state index in [2.05, 4.69) is 28.7 Å². The van der Waals surface area contributed by atoms with Crippen molar-refractivity contribution in [1.82, 2.24) is 9.88 Å². The van der Waals surface area contributed by atoms with E-state index in [4.69, 9.17) is 4.74 Å². The molecule has 0 aliphatic heterocycles. The molecule has 2 aromatic rings. The predicted octanol–water partition coefficient (Wildman–Crippen LogP) is 2.24. The Hall–Kier alpha value is -2.75. The summed E-state index contributed by atoms with van der Waals surface area (Å²) in [5, 5.41) is 4.81. The van der Waals surface area contributed by atoms with Gasteiger partial charge in [-0.2, -0.15) is 0 Å². The average molecular weight is 324 g/mol. The summed E-state index contributed by atoms with van der Waals surface area (Å²) in [6.45, 7) is 9.44. The van der Waals surface area contributed by atoms with E-state index in [1.165, 1.54) is 6.92 Å². The SMILES string of the molecule is C=C(/C=c1/c(-c2cc(C)cc(OC)c2)cn(C)/c1=C/C)NC(C)=O. The van der Waals surface area contributed by atoms with Gasteiger partial charge in [-0.3, -0.25) is 4.79 Å². The second kappa shape index (κ2) is 7.21. The summed E-state index contributed by atoms with van der Waals surface area (Å²) in [4.78, 5) is 11.3. The van der Waals surface area contributed by atoms with Gasteiger partial charge in [-0.1, -0.05) is 18.7 Å². The maximum atomic E-state index is 11.3. The van der Waals surface area contributed by atoms with Crippen LogP contribution in [0.15, 0.2) is 36.7 Å². The van der Waals surface area contributed by atoms with Gasteiger partial charge in [0.2, 0.25) is 5.91 Å². The van der Waals surface area contributed by atoms with Crippen LogP contribution in [-0.4, -0.2) is 17.6 Å². The smallest absolute Gasteiger partial charge is 0.221 e. The Morgan fingerprint density at radius 1 is 1.33 bits per heavy atom. The minimum Gasteiger partial charge on any atom is -0.497 e. The van der Waals surface area contributed by atoms with Crippen molar-refractivity contribution in [2.75, 3.05) is 7.11 Å². The van der Waals surface area contributed by atoms with Gasteiger partial charge >= 0.3 is 0 Å². The standard InChI is InChI=1S/C20H24N2O2/c1-7-20-18(10-14(3)21-15(4)23)19(12-22(20)5)16-8-13(2)9-17(11-16)24-6/h7-12H,3H2,1-2,4-6H3,(H,21,23)/b18-10-,20-7+. The molecule has 2 rings (SSSR count). The molecular formula is C20H24N2O2. The van der Waals surface area contributed by atoms with E-state index in [1.54, 1.807) is 7.11 Å². The zero-order valence-electron chi connectivity index (χ0n) is 14.9. The fourth-order valence-electron chi connectivity index (χ4n) is 2.86. The zero-order chi connectivity index (χ0) is 17.9. The first-order chi connectivity index (χ1) is 11.3. The third-order valence-electron chi connectivity index (χ3n) is 3.80. The zero-order valence-corrected chi connectivity index (χ0v) is 14.9. The third-order valence-corrected chi connectivity index (χ3v) is 3.80. The lowest BCUT2D eigenvalue weighted by Gasteiger charge is -2.06. The molecule has 1 heterocycles. The number of methoxy groups -OCH3 is 1. The van der Waals surface area contributed by atoms with Crippen molar-refractivity contribution < 1.29 is 9.53 Å². The number of hydrogen-bond donors (Lipinski definition) is 1. The summed E-state index contributed by atoms with van der Waals surface area (Å²) in [6.07, 6.45) is 6.03. The lowest BCUT2D eigenvalue weighted by molar-refractivity contribution is -0.118. The molecular weight excluding hydrogens is 300 g/mol. The van der Waals surface area contributed by atoms with E-state index in [0.29, 0.717) is 5.70 Å². The van der Waals surface area contributed by atoms with Crippen LogP contribution in [0.5, 0.6) is 5.75 Å². The van der Waals surface area contributed by atoms with Crippen LogP contribution >= 0.6 is 0 Å². The van der Waals surface area contributed by atoms with Crippen LogP contribution in [-0.2, 0) is 11.8 Å². The van der Waals surface area contributed by atoms with Gasteiger partial charge in [-0.25, -0.2) is 0 Å². The van der Waals surface area contributed by atoms with Gasteiger partial charge < -0.3 is 14.6 Å². The average Bonchev–Trinajstić information content (AvgIpc) is 2.81. The van der Waals surface area contributed by atoms with Crippen LogP contribution in [0.25, 0.3) is 23.3 Å². The molecule has 4 nitrogen and oxygen atoms in total. The molecule has 24 heavy (non-hydrogen) atoms. The topological polar surface area (TPSA) is 43.3 Å². The summed E-state index contributed by atoms with van der Waals surface area (Å²) in [7, 11) is 3.67. The molecule has 0 saturated heterocycles. The van der Waals surface area contributed by atoms with Crippen molar-refractivity contribution in [3.8, 4) is 16.9 Å². The minimum atomic E-state index is -0.131. The Morgan fingerprint density at radius 3 is 2.62 bits per heavy atom. The lowest BCUT2D eigenvalue weighted by atomic mass is 10.0. The van der Waals surface area contributed by atoms with Gasteiger partial charge in [0.05, 0.1) is 7.11 Å². The van der Waals surface area contributed by atoms with Gasteiger partial charge in [0.1, 0.15) is 5.75 Å². The number of rotatable bonds is 4. The number of carbonyl (C=O) groups is 1. The molecule has 1 amide bonds. The van der Waals surface area contributed by atoms with Gasteiger partial charge in [-0.15, -0.1) is 0 Å². The second-order valence-corrected chi connectivity index (χ2v) is 5.83. The highest BCUT2D eigenvalue weighted by Crippen LogP contribution is 2.23. The highest BCUT2D eigenvalue weighted by Gasteiger charge is 2.08. The van der Waals surface area contributed by atoms with E-state index in [0.717, 1.165) is 33.0 Å². The van der Waals surface area contributed by atoms with Gasteiger partial charge in [0, 0.05) is 42.0 Å². The largest absolute Gasteiger partial charge is 0.497 e. The Kier molecular flexibility index (Phi) is 5.29. The second-order valence-electron chi connectivity index (χ2n) is 5.83. The van der Waals surface area contributed by atoms with E-state index in [-0.39, 0.29) is 5.91 Å². The van der Waals surface area contributed by atoms with Crippen molar-refractivity contribution in [2.24, 2.45) is 7.05 Å². The molecule has 4 heteroatoms. The maximum Gasteiger partial charge on any atom is 0.221 e. The summed E-state index contributed by atoms with van der Waals surface area (Å²) in [6, 6.07) is 6.13. The molecule has 1 aromatic carbocycles. The molecule has 126 valence electrons. The monoisotopic (exact) mass is 324 g/mol. The fraction of sp³-hybridized carbons (Fsp3) is 0.250. The number of nitrogens with zero attached hydrogens (tertiary/aromatic N) is 1. The highest BCUT2D eigenvalue weighted by molar-refractivity contribution is 5.78. The van der Waals surface area contributed by atoms with Crippen molar-refractivity contribution >= 4 is 18.1 Å². The number of nitrogens with one attached hydrogen (secondary N) is 1. The molecule has 1 N–H and O–H groups in total. The number of allylic oxidation sites excluding steroid dienone is 1. The van der Waals surface area contributed by atoms with Crippen LogP contribution in [0, 0.1) is 6.92 Å². The molecule has 0 fully saturated rings. The molecule has 0 bridgehead atoms. The molecule has 0 spiro atoms. The maximum absolute atomic E-state index is 11.3. The summed E-state index contributed by atoms with van der Waals surface area (Å²) in [5.74, 6) is 0.690. The van der Waals surface area contributed by atoms with Crippen LogP contribution in [0.4, 0.5) is 0 Å². The third kappa shape index (κ3) is 3.77. The lowest BCUT2D eigenvalue weighted by Crippen LogP contribution is -2.29. The molecule has 1 aromatic heterocycles. The first kappa shape index (κ1) is 17.6. The minimum absolute atomic E-state index is 0.131. The van der Waals surface area contributed by atoms with Crippen LogP contribution in [0.3, 0.4) is 0 Å². The van der Waals surface area contributed by atoms with Crippen LogP contribution in [0.1, 0.15) is 19.4 Å². The summed E-state index contributed by atoms with van der Waals surface area (Å²) >= 11 is 0. The van der Waals surface area contributed by atoms with E-state index >= 15 is 0 Å². The van der Waals surface area contributed by atoms with Crippen molar-refractivity contribution in [2.45, 2.75) is 20.8 Å². The van der Waals surface area contributed by atoms with E-state index in [9.17, 15) is 4.79 Å². The highest BCUT2D eigenvalue weighted by atomic mass is 16.5. The molecule has 0 aliphatic rings. The molecule has 0 saturated carbocycles. The number of carbonyl (C=O) groups excluding carboxylic acids is 1. The quantitative estimate of drug-likeness (QED) is 0.937. The Bertz CT molecular complexity index is 904. The van der Waals surface area contributed by atoms with E-state index in [1.807, 2.05) is 45.2 Å². The number of ether oxygens (including phenoxy) is 1. The first-order valence-electron chi connectivity index (χ1n) is 7.81. The molecule has 0 atom stereocenters. The molecule has 0 aliphatic carbocycles. The number of hydrogen-bond acceptors (Lipinski definition) is 2. The number of aryl methyl sites for hydroxylation is 2. The Balaban J connectivity index is 2.72.